The van der Waals surface area contributed by atoms with Gasteiger partial charge < -0.3 is 5.11 Å². The van der Waals surface area contributed by atoms with Gasteiger partial charge in [-0.15, -0.1) is 11.3 Å². The second-order valence-corrected chi connectivity index (χ2v) is 6.25. The van der Waals surface area contributed by atoms with Crippen LogP contribution in [0.1, 0.15) is 10.4 Å². The van der Waals surface area contributed by atoms with Crippen molar-refractivity contribution in [2.75, 3.05) is 4.72 Å². The topological polar surface area (TPSA) is 96.4 Å². The zero-order chi connectivity index (χ0) is 14.0. The summed E-state index contributed by atoms with van der Waals surface area (Å²) in [7, 11) is -3.92. The van der Waals surface area contributed by atoms with E-state index in [2.05, 4.69) is 9.71 Å². The highest BCUT2D eigenvalue weighted by Gasteiger charge is 2.19. The van der Waals surface area contributed by atoms with Gasteiger partial charge >= 0.3 is 5.97 Å². The number of nitrogens with zero attached hydrogens (tertiary/aromatic N) is 1. The molecule has 2 heterocycles. The van der Waals surface area contributed by atoms with Gasteiger partial charge in [-0.3, -0.25) is 4.72 Å². The zero-order valence-corrected chi connectivity index (χ0v) is 10.8. The van der Waals surface area contributed by atoms with E-state index in [1.807, 2.05) is 0 Å². The lowest BCUT2D eigenvalue weighted by molar-refractivity contribution is 0.0697. The molecule has 2 N–H and O–H groups in total. The summed E-state index contributed by atoms with van der Waals surface area (Å²) in [5.74, 6) is -1.85. The van der Waals surface area contributed by atoms with E-state index >= 15 is 0 Å². The van der Waals surface area contributed by atoms with E-state index in [1.54, 1.807) is 0 Å². The normalized spacial score (nSPS) is 11.2. The molecule has 0 amide bonds. The number of pyridine rings is 1. The zero-order valence-electron chi connectivity index (χ0n) is 9.20. The maximum atomic E-state index is 12.6. The molecule has 0 saturated heterocycles. The maximum Gasteiger partial charge on any atom is 0.336 e. The van der Waals surface area contributed by atoms with Crippen LogP contribution in [0.3, 0.4) is 0 Å². The summed E-state index contributed by atoms with van der Waals surface area (Å²) in [6.45, 7) is 0. The molecule has 2 aromatic rings. The Morgan fingerprint density at radius 1 is 1.42 bits per heavy atom. The van der Waals surface area contributed by atoms with E-state index in [0.29, 0.717) is 0 Å². The fraction of sp³-hybridized carbons (Fsp3) is 0. The van der Waals surface area contributed by atoms with E-state index in [-0.39, 0.29) is 15.6 Å². The van der Waals surface area contributed by atoms with Crippen LogP contribution in [0.15, 0.2) is 34.0 Å². The molecule has 6 nitrogen and oxygen atoms in total. The van der Waals surface area contributed by atoms with Crippen LogP contribution in [-0.4, -0.2) is 24.5 Å². The largest absolute Gasteiger partial charge is 0.478 e. The van der Waals surface area contributed by atoms with Crippen LogP contribution in [-0.2, 0) is 10.0 Å². The maximum absolute atomic E-state index is 12.6. The number of anilines is 1. The molecule has 0 aliphatic carbocycles. The number of nitrogens with one attached hydrogen (secondary N) is 1. The highest BCUT2D eigenvalue weighted by Crippen LogP contribution is 2.22. The third kappa shape index (κ3) is 3.06. The molecule has 9 heteroatoms. The minimum Gasteiger partial charge on any atom is -0.478 e. The molecule has 0 aliphatic heterocycles. The molecular formula is C10H7FN2O4S2. The lowest BCUT2D eigenvalue weighted by atomic mass is 10.4. The second kappa shape index (κ2) is 4.94. The smallest absolute Gasteiger partial charge is 0.336 e. The molecular weight excluding hydrogens is 295 g/mol. The van der Waals surface area contributed by atoms with Crippen LogP contribution < -0.4 is 4.72 Å². The predicted molar refractivity (Wildman–Crippen MR) is 66.3 cm³/mol. The molecule has 0 bridgehead atoms. The number of aromatic nitrogens is 1. The van der Waals surface area contributed by atoms with Crippen LogP contribution in [0.2, 0.25) is 0 Å². The third-order valence-corrected chi connectivity index (χ3v) is 4.85. The molecule has 0 aliphatic rings. The van der Waals surface area contributed by atoms with Crippen molar-refractivity contribution in [3.63, 3.8) is 0 Å². The summed E-state index contributed by atoms with van der Waals surface area (Å²) in [4.78, 5) is 14.2. The van der Waals surface area contributed by atoms with Gasteiger partial charge in [0.25, 0.3) is 10.0 Å². The molecule has 0 spiro atoms. The van der Waals surface area contributed by atoms with Crippen molar-refractivity contribution < 1.29 is 22.7 Å². The molecule has 100 valence electrons. The average molecular weight is 302 g/mol. The second-order valence-electron chi connectivity index (χ2n) is 3.43. The van der Waals surface area contributed by atoms with E-state index in [1.165, 1.54) is 11.4 Å². The summed E-state index contributed by atoms with van der Waals surface area (Å²) in [6.07, 6.45) is 0.870. The Bertz CT molecular complexity index is 709. The molecule has 19 heavy (non-hydrogen) atoms. The first kappa shape index (κ1) is 13.4. The highest BCUT2D eigenvalue weighted by atomic mass is 32.2. The lowest BCUT2D eigenvalue weighted by Gasteiger charge is -2.04. The lowest BCUT2D eigenvalue weighted by Crippen LogP contribution is -2.12. The van der Waals surface area contributed by atoms with E-state index in [9.17, 15) is 17.6 Å². The minimum absolute atomic E-state index is 0.0494. The van der Waals surface area contributed by atoms with Crippen molar-refractivity contribution in [2.45, 2.75) is 4.21 Å². The van der Waals surface area contributed by atoms with Crippen molar-refractivity contribution in [1.29, 1.82) is 0 Å². The van der Waals surface area contributed by atoms with Gasteiger partial charge in [0.2, 0.25) is 0 Å². The number of aromatic carboxylic acids is 1. The minimum atomic E-state index is -3.92. The summed E-state index contributed by atoms with van der Waals surface area (Å²) in [5, 5.41) is 9.94. The number of thiophene rings is 1. The fourth-order valence-electron chi connectivity index (χ4n) is 1.19. The van der Waals surface area contributed by atoms with Crippen molar-refractivity contribution in [1.82, 2.24) is 4.98 Å². The summed E-state index contributed by atoms with van der Waals surface area (Å²) in [6, 6.07) is 3.26. The standard InChI is InChI=1S/C10H7FN2O4S2/c11-7-1-2-8(12-4-7)13-19(16,17)9-3-6(5-18-9)10(14)15/h1-5H,(H,12,13)(H,14,15). The SMILES string of the molecule is O=C(O)c1csc(S(=O)(=O)Nc2ccc(F)cn2)c1. The van der Waals surface area contributed by atoms with E-state index < -0.39 is 21.8 Å². The van der Waals surface area contributed by atoms with Gasteiger partial charge in [0.15, 0.2) is 0 Å². The Morgan fingerprint density at radius 3 is 2.68 bits per heavy atom. The van der Waals surface area contributed by atoms with Crippen molar-refractivity contribution in [3.8, 4) is 0 Å². The summed E-state index contributed by atoms with van der Waals surface area (Å²) in [5.41, 5.74) is -0.113. The Kier molecular flexibility index (Phi) is 3.49. The van der Waals surface area contributed by atoms with E-state index in [0.717, 1.165) is 29.7 Å². The Balaban J connectivity index is 2.26. The fourth-order valence-corrected chi connectivity index (χ4v) is 3.36. The average Bonchev–Trinajstić information content (AvgIpc) is 2.82. The summed E-state index contributed by atoms with van der Waals surface area (Å²) < 4.78 is 38.4. The number of halogens is 1. The Morgan fingerprint density at radius 2 is 2.16 bits per heavy atom. The van der Waals surface area contributed by atoms with Gasteiger partial charge in [-0.05, 0) is 18.2 Å². The number of sulfonamides is 1. The van der Waals surface area contributed by atoms with Gasteiger partial charge in [-0.25, -0.2) is 22.6 Å². The number of rotatable bonds is 4. The van der Waals surface area contributed by atoms with Gasteiger partial charge in [0, 0.05) is 5.38 Å². The molecule has 0 atom stereocenters. The molecule has 2 rings (SSSR count). The molecule has 0 saturated carbocycles. The predicted octanol–water partition coefficient (Wildman–Crippen LogP) is 1.78. The van der Waals surface area contributed by atoms with Crippen molar-refractivity contribution in [3.05, 3.63) is 41.2 Å². The number of carboxylic acid groups (broad SMARTS) is 1. The Hall–Kier alpha value is -2.00. The van der Waals surface area contributed by atoms with Crippen LogP contribution >= 0.6 is 11.3 Å². The van der Waals surface area contributed by atoms with E-state index in [4.69, 9.17) is 5.11 Å². The molecule has 0 fully saturated rings. The molecule has 0 unspecified atom stereocenters. The van der Waals surface area contributed by atoms with Gasteiger partial charge in [-0.1, -0.05) is 0 Å². The van der Waals surface area contributed by atoms with Crippen molar-refractivity contribution >= 4 is 33.1 Å². The number of hydrogen-bond acceptors (Lipinski definition) is 5. The van der Waals surface area contributed by atoms with Gasteiger partial charge in [0.1, 0.15) is 15.8 Å². The summed E-state index contributed by atoms with van der Waals surface area (Å²) >= 11 is 0.774. The van der Waals surface area contributed by atoms with Gasteiger partial charge in [0.05, 0.1) is 11.8 Å². The van der Waals surface area contributed by atoms with Crippen LogP contribution in [0.5, 0.6) is 0 Å². The number of hydrogen-bond donors (Lipinski definition) is 2. The quantitative estimate of drug-likeness (QED) is 0.897. The first-order valence-electron chi connectivity index (χ1n) is 4.85. The first-order chi connectivity index (χ1) is 8.88. The molecule has 0 aromatic carbocycles. The Labute approximate surface area is 111 Å². The van der Waals surface area contributed by atoms with Gasteiger partial charge in [-0.2, -0.15) is 0 Å². The van der Waals surface area contributed by atoms with Crippen LogP contribution in [0.4, 0.5) is 10.2 Å². The number of carboxylic acids is 1. The van der Waals surface area contributed by atoms with Crippen molar-refractivity contribution in [2.24, 2.45) is 0 Å². The third-order valence-electron chi connectivity index (χ3n) is 2.05. The van der Waals surface area contributed by atoms with Crippen LogP contribution in [0, 0.1) is 5.82 Å². The number of carbonyl (C=O) groups is 1. The molecule has 0 radical (unpaired) electrons. The first-order valence-corrected chi connectivity index (χ1v) is 7.21. The monoisotopic (exact) mass is 302 g/mol. The van der Waals surface area contributed by atoms with Crippen LogP contribution in [0.25, 0.3) is 0 Å². The molecule has 2 aromatic heterocycles. The highest BCUT2D eigenvalue weighted by molar-refractivity contribution is 7.94.